The molecule has 0 aliphatic carbocycles. The molecule has 6 heteroatoms. The fraction of sp³-hybridized carbons (Fsp3) is 0.0476. The highest BCUT2D eigenvalue weighted by Gasteiger charge is 2.12. The minimum atomic E-state index is -0.287. The quantitative estimate of drug-likeness (QED) is 0.472. The van der Waals surface area contributed by atoms with Gasteiger partial charge in [0.05, 0.1) is 16.6 Å². The van der Waals surface area contributed by atoms with Crippen LogP contribution in [0.15, 0.2) is 71.6 Å². The molecule has 0 radical (unpaired) electrons. The van der Waals surface area contributed by atoms with E-state index in [1.165, 1.54) is 23.9 Å². The molecule has 134 valence electrons. The number of fused-ring (bicyclic) bond motifs is 1. The van der Waals surface area contributed by atoms with E-state index < -0.39 is 0 Å². The van der Waals surface area contributed by atoms with Crippen LogP contribution < -0.4 is 5.32 Å². The molecular formula is C21H16FN3OS. The maximum Gasteiger partial charge on any atom is 0.256 e. The molecule has 0 aliphatic rings. The Kier molecular flexibility index (Phi) is 4.64. The van der Waals surface area contributed by atoms with Crippen LogP contribution in [0.2, 0.25) is 0 Å². The Hall–Kier alpha value is -3.12. The van der Waals surface area contributed by atoms with Crippen molar-refractivity contribution in [2.24, 2.45) is 0 Å². The van der Waals surface area contributed by atoms with E-state index in [9.17, 15) is 9.18 Å². The van der Waals surface area contributed by atoms with Crippen LogP contribution in [0.3, 0.4) is 0 Å². The van der Waals surface area contributed by atoms with Crippen LogP contribution in [0.25, 0.3) is 22.4 Å². The zero-order chi connectivity index (χ0) is 18.8. The van der Waals surface area contributed by atoms with Crippen LogP contribution in [-0.4, -0.2) is 22.1 Å². The number of aromatic amines is 1. The predicted molar refractivity (Wildman–Crippen MR) is 108 cm³/mol. The van der Waals surface area contributed by atoms with Gasteiger partial charge in [0.15, 0.2) is 0 Å². The van der Waals surface area contributed by atoms with E-state index in [0.717, 1.165) is 21.5 Å². The molecule has 4 rings (SSSR count). The fourth-order valence-corrected chi connectivity index (χ4v) is 3.46. The molecule has 3 aromatic carbocycles. The van der Waals surface area contributed by atoms with E-state index in [4.69, 9.17) is 0 Å². The Morgan fingerprint density at radius 3 is 2.63 bits per heavy atom. The summed E-state index contributed by atoms with van der Waals surface area (Å²) in [6.07, 6.45) is 1.94. The van der Waals surface area contributed by atoms with Gasteiger partial charge < -0.3 is 10.3 Å². The first-order valence-electron chi connectivity index (χ1n) is 8.34. The van der Waals surface area contributed by atoms with E-state index in [1.54, 1.807) is 12.1 Å². The first-order chi connectivity index (χ1) is 13.1. The van der Waals surface area contributed by atoms with Crippen LogP contribution in [-0.2, 0) is 0 Å². The number of thioether (sulfide) groups is 1. The summed E-state index contributed by atoms with van der Waals surface area (Å²) in [5, 5.41) is 2.93. The SMILES string of the molecule is CSc1ccccc1C(=O)Nc1ccc2nc(-c3ccc(F)cc3)[nH]c2c1. The summed E-state index contributed by atoms with van der Waals surface area (Å²) < 4.78 is 13.1. The number of carbonyl (C=O) groups excluding carboxylic acids is 1. The van der Waals surface area contributed by atoms with Gasteiger partial charge in [-0.3, -0.25) is 4.79 Å². The number of nitrogens with zero attached hydrogens (tertiary/aromatic N) is 1. The molecule has 0 fully saturated rings. The van der Waals surface area contributed by atoms with Crippen molar-refractivity contribution in [3.8, 4) is 11.4 Å². The predicted octanol–water partition coefficient (Wildman–Crippen LogP) is 5.34. The molecular weight excluding hydrogens is 361 g/mol. The largest absolute Gasteiger partial charge is 0.338 e. The lowest BCUT2D eigenvalue weighted by Crippen LogP contribution is -2.12. The molecule has 0 aliphatic heterocycles. The summed E-state index contributed by atoms with van der Waals surface area (Å²) in [6, 6.07) is 19.1. The number of hydrogen-bond acceptors (Lipinski definition) is 3. The Morgan fingerprint density at radius 1 is 1.07 bits per heavy atom. The van der Waals surface area contributed by atoms with Crippen LogP contribution in [0.4, 0.5) is 10.1 Å². The molecule has 0 spiro atoms. The van der Waals surface area contributed by atoms with E-state index >= 15 is 0 Å². The first-order valence-corrected chi connectivity index (χ1v) is 9.56. The average Bonchev–Trinajstić information content (AvgIpc) is 3.11. The number of anilines is 1. The minimum absolute atomic E-state index is 0.155. The minimum Gasteiger partial charge on any atom is -0.338 e. The summed E-state index contributed by atoms with van der Waals surface area (Å²) in [4.78, 5) is 21.3. The van der Waals surface area contributed by atoms with Crippen molar-refractivity contribution in [2.45, 2.75) is 4.90 Å². The number of aromatic nitrogens is 2. The van der Waals surface area contributed by atoms with Gasteiger partial charge in [0.1, 0.15) is 11.6 Å². The summed E-state index contributed by atoms with van der Waals surface area (Å²) >= 11 is 1.54. The summed E-state index contributed by atoms with van der Waals surface area (Å²) in [7, 11) is 0. The molecule has 0 saturated carbocycles. The Labute approximate surface area is 159 Å². The van der Waals surface area contributed by atoms with Crippen molar-refractivity contribution in [1.29, 1.82) is 0 Å². The molecule has 0 atom stereocenters. The number of nitrogens with one attached hydrogen (secondary N) is 2. The van der Waals surface area contributed by atoms with Crippen molar-refractivity contribution in [1.82, 2.24) is 9.97 Å². The molecule has 27 heavy (non-hydrogen) atoms. The standard InChI is InChI=1S/C21H16FN3OS/c1-27-19-5-3-2-4-16(19)21(26)23-15-10-11-17-18(12-15)25-20(24-17)13-6-8-14(22)9-7-13/h2-12H,1H3,(H,23,26)(H,24,25). The number of halogens is 1. The monoisotopic (exact) mass is 377 g/mol. The Morgan fingerprint density at radius 2 is 1.85 bits per heavy atom. The number of imidazole rings is 1. The van der Waals surface area contributed by atoms with E-state index in [2.05, 4.69) is 15.3 Å². The zero-order valence-corrected chi connectivity index (χ0v) is 15.3. The van der Waals surface area contributed by atoms with E-state index in [0.29, 0.717) is 17.1 Å². The van der Waals surface area contributed by atoms with Gasteiger partial charge in [0.2, 0.25) is 0 Å². The van der Waals surface area contributed by atoms with Crippen molar-refractivity contribution in [3.05, 3.63) is 78.1 Å². The lowest BCUT2D eigenvalue weighted by Gasteiger charge is -2.08. The molecule has 4 aromatic rings. The van der Waals surface area contributed by atoms with Gasteiger partial charge in [-0.25, -0.2) is 9.37 Å². The molecule has 4 nitrogen and oxygen atoms in total. The van der Waals surface area contributed by atoms with Crippen LogP contribution >= 0.6 is 11.8 Å². The van der Waals surface area contributed by atoms with Gasteiger partial charge in [-0.2, -0.15) is 0 Å². The van der Waals surface area contributed by atoms with Crippen LogP contribution in [0.5, 0.6) is 0 Å². The number of hydrogen-bond donors (Lipinski definition) is 2. The second kappa shape index (κ2) is 7.25. The third-order valence-electron chi connectivity index (χ3n) is 4.21. The van der Waals surface area contributed by atoms with E-state index in [1.807, 2.05) is 48.7 Å². The van der Waals surface area contributed by atoms with Gasteiger partial charge in [0, 0.05) is 16.1 Å². The maximum absolute atomic E-state index is 13.1. The highest BCUT2D eigenvalue weighted by atomic mass is 32.2. The number of benzene rings is 3. The molecule has 1 heterocycles. The number of amides is 1. The van der Waals surface area contributed by atoms with Gasteiger partial charge in [-0.15, -0.1) is 11.8 Å². The highest BCUT2D eigenvalue weighted by molar-refractivity contribution is 7.98. The molecule has 0 bridgehead atoms. The zero-order valence-electron chi connectivity index (χ0n) is 14.5. The highest BCUT2D eigenvalue weighted by Crippen LogP contribution is 2.25. The summed E-state index contributed by atoms with van der Waals surface area (Å²) in [5.74, 6) is 0.212. The van der Waals surface area contributed by atoms with Crippen molar-refractivity contribution < 1.29 is 9.18 Å². The maximum atomic E-state index is 13.1. The van der Waals surface area contributed by atoms with E-state index in [-0.39, 0.29) is 11.7 Å². The van der Waals surface area contributed by atoms with Crippen molar-refractivity contribution >= 4 is 34.4 Å². The fourth-order valence-electron chi connectivity index (χ4n) is 2.86. The second-order valence-corrected chi connectivity index (χ2v) is 6.83. The molecule has 2 N–H and O–H groups in total. The number of carbonyl (C=O) groups is 1. The van der Waals surface area contributed by atoms with Crippen LogP contribution in [0.1, 0.15) is 10.4 Å². The third kappa shape index (κ3) is 3.57. The number of H-pyrrole nitrogens is 1. The van der Waals surface area contributed by atoms with Gasteiger partial charge in [0.25, 0.3) is 5.91 Å². The topological polar surface area (TPSA) is 57.8 Å². The lowest BCUT2D eigenvalue weighted by atomic mass is 10.2. The molecule has 0 saturated heterocycles. The van der Waals surface area contributed by atoms with Crippen molar-refractivity contribution in [3.63, 3.8) is 0 Å². The normalized spacial score (nSPS) is 10.9. The molecule has 1 amide bonds. The second-order valence-electron chi connectivity index (χ2n) is 5.98. The lowest BCUT2D eigenvalue weighted by molar-refractivity contribution is 0.102. The third-order valence-corrected chi connectivity index (χ3v) is 5.00. The molecule has 1 aromatic heterocycles. The van der Waals surface area contributed by atoms with Crippen LogP contribution in [0, 0.1) is 5.82 Å². The van der Waals surface area contributed by atoms with Crippen molar-refractivity contribution in [2.75, 3.05) is 11.6 Å². The number of rotatable bonds is 4. The van der Waals surface area contributed by atoms with Gasteiger partial charge in [-0.1, -0.05) is 12.1 Å². The Bertz CT molecular complexity index is 1120. The smallest absolute Gasteiger partial charge is 0.256 e. The Balaban J connectivity index is 1.62. The first kappa shape index (κ1) is 17.3. The molecule has 0 unspecified atom stereocenters. The summed E-state index contributed by atoms with van der Waals surface area (Å²) in [6.45, 7) is 0. The van der Waals surface area contributed by atoms with Gasteiger partial charge in [-0.05, 0) is 60.9 Å². The summed E-state index contributed by atoms with van der Waals surface area (Å²) in [5.41, 5.74) is 3.69. The van der Waals surface area contributed by atoms with Gasteiger partial charge >= 0.3 is 0 Å². The average molecular weight is 377 g/mol.